The summed E-state index contributed by atoms with van der Waals surface area (Å²) in [5, 5.41) is 20.0. The van der Waals surface area contributed by atoms with Gasteiger partial charge in [0.15, 0.2) is 21.3 Å². The third-order valence-corrected chi connectivity index (χ3v) is 15.9. The van der Waals surface area contributed by atoms with Crippen LogP contribution in [0, 0.1) is 0 Å². The Labute approximate surface area is 429 Å². The van der Waals surface area contributed by atoms with Crippen molar-refractivity contribution in [3.63, 3.8) is 0 Å². The van der Waals surface area contributed by atoms with Crippen LogP contribution in [0.25, 0.3) is 0 Å². The molecular formula is C53H68N6O12S2. The Balaban J connectivity index is 0.000000214. The number of sulfonamides is 2. The lowest BCUT2D eigenvalue weighted by Gasteiger charge is -2.41. The van der Waals surface area contributed by atoms with E-state index in [0.717, 1.165) is 22.3 Å². The second-order valence-electron chi connectivity index (χ2n) is 20.1. The summed E-state index contributed by atoms with van der Waals surface area (Å²) in [4.78, 5) is 0. The first-order valence-corrected chi connectivity index (χ1v) is 26.5. The largest absolute Gasteiger partial charge is 0.497 e. The summed E-state index contributed by atoms with van der Waals surface area (Å²) in [6.45, 7) is 13.1. The van der Waals surface area contributed by atoms with Gasteiger partial charge < -0.3 is 38.3 Å². The van der Waals surface area contributed by atoms with Gasteiger partial charge in [0, 0.05) is 45.4 Å². The molecule has 1 N–H and O–H groups in total. The topological polar surface area (TPSA) is 195 Å². The fourth-order valence-electron chi connectivity index (χ4n) is 8.21. The molecule has 6 aromatic rings. The molecule has 0 unspecified atom stereocenters. The molecule has 4 heterocycles. The molecule has 0 spiro atoms. The molecular weight excluding hydrogens is 977 g/mol. The Morgan fingerprint density at radius 3 is 1.03 bits per heavy atom. The van der Waals surface area contributed by atoms with Gasteiger partial charge in [-0.2, -0.15) is 18.8 Å². The van der Waals surface area contributed by atoms with Crippen LogP contribution < -0.4 is 18.9 Å². The number of benzene rings is 4. The first-order chi connectivity index (χ1) is 34.5. The standard InChI is InChI=1S/C27H35N3O6S.C26H33N3O6S/c1-26(2,3)30-24(27(35-6)18-36-19-27)15-25(28-30)37(31,32)29(16-20-7-11-22(33-4)12-8-20)17-21-9-13-23(34-5)14-10-21;1-25(2,3)29-23(26(30)17-35-18-26)14-24(27-29)36(31,32)28(15-19-6-10-21(33-4)11-7-19)16-20-8-12-22(34-5)13-9-20/h7-15H,16-19H2,1-6H3;6-14,30H,15-18H2,1-5H3. The molecule has 0 saturated carbocycles. The van der Waals surface area contributed by atoms with Crippen LogP contribution in [0.15, 0.2) is 119 Å². The monoisotopic (exact) mass is 1040 g/mol. The van der Waals surface area contributed by atoms with Crippen LogP contribution in [0.3, 0.4) is 0 Å². The van der Waals surface area contributed by atoms with Gasteiger partial charge in [0.05, 0.1) is 77.3 Å². The van der Waals surface area contributed by atoms with E-state index in [4.69, 9.17) is 33.2 Å². The molecule has 0 radical (unpaired) electrons. The second-order valence-corrected chi connectivity index (χ2v) is 23.8. The minimum absolute atomic E-state index is 0.0252. The van der Waals surface area contributed by atoms with E-state index in [1.165, 1.54) is 14.7 Å². The highest BCUT2D eigenvalue weighted by Crippen LogP contribution is 2.38. The van der Waals surface area contributed by atoms with Gasteiger partial charge in [-0.1, -0.05) is 48.5 Å². The number of aliphatic hydroxyl groups is 1. The Kier molecular flexibility index (Phi) is 16.5. The summed E-state index contributed by atoms with van der Waals surface area (Å²) in [5.41, 5.74) is 1.34. The molecule has 0 aliphatic carbocycles. The van der Waals surface area contributed by atoms with E-state index >= 15 is 0 Å². The van der Waals surface area contributed by atoms with Crippen LogP contribution in [0.1, 0.15) is 75.2 Å². The number of methoxy groups -OCH3 is 5. The van der Waals surface area contributed by atoms with Gasteiger partial charge in [0.25, 0.3) is 20.0 Å². The minimum atomic E-state index is -4.05. The SMILES string of the molecule is COc1ccc(CN(Cc2ccc(OC)cc2)S(=O)(=O)c2cc(C3(O)COC3)n(C(C)(C)C)n2)cc1.COc1ccc(CN(Cc2ccc(OC)cc2)S(=O)(=O)c2cc(C3(OC)COC3)n(C(C)(C)C)n2)cc1. The molecule has 2 aliphatic heterocycles. The van der Waals surface area contributed by atoms with Crippen LogP contribution in [-0.2, 0) is 82.7 Å². The first-order valence-electron chi connectivity index (χ1n) is 23.7. The van der Waals surface area contributed by atoms with Crippen molar-refractivity contribution in [1.29, 1.82) is 0 Å². The Bertz CT molecular complexity index is 2910. The van der Waals surface area contributed by atoms with Gasteiger partial charge in [0.2, 0.25) is 0 Å². The fourth-order valence-corrected chi connectivity index (χ4v) is 10.9. The number of aromatic nitrogens is 4. The molecule has 2 aliphatic rings. The van der Waals surface area contributed by atoms with Crippen molar-refractivity contribution in [1.82, 2.24) is 28.2 Å². The lowest BCUT2D eigenvalue weighted by Crippen LogP contribution is -2.50. The first kappa shape index (κ1) is 54.9. The maximum Gasteiger partial charge on any atom is 0.263 e. The predicted molar refractivity (Wildman–Crippen MR) is 274 cm³/mol. The number of nitrogens with zero attached hydrogens (tertiary/aromatic N) is 6. The van der Waals surface area contributed by atoms with Gasteiger partial charge in [-0.05, 0) is 112 Å². The van der Waals surface area contributed by atoms with Crippen molar-refractivity contribution in [2.24, 2.45) is 0 Å². The molecule has 394 valence electrons. The van der Waals surface area contributed by atoms with E-state index in [9.17, 15) is 21.9 Å². The van der Waals surface area contributed by atoms with E-state index in [2.05, 4.69) is 10.2 Å². The zero-order valence-electron chi connectivity index (χ0n) is 43.5. The van der Waals surface area contributed by atoms with Crippen molar-refractivity contribution in [2.45, 2.75) is 100 Å². The minimum Gasteiger partial charge on any atom is -0.497 e. The van der Waals surface area contributed by atoms with Crippen LogP contribution in [0.5, 0.6) is 23.0 Å². The maximum absolute atomic E-state index is 14.1. The van der Waals surface area contributed by atoms with Crippen LogP contribution >= 0.6 is 0 Å². The van der Waals surface area contributed by atoms with Gasteiger partial charge in [-0.15, -0.1) is 0 Å². The number of rotatable bonds is 19. The summed E-state index contributed by atoms with van der Waals surface area (Å²) in [6, 6.07) is 32.4. The normalized spacial score (nSPS) is 15.5. The molecule has 8 rings (SSSR count). The summed E-state index contributed by atoms with van der Waals surface area (Å²) in [6.07, 6.45) is 0. The van der Waals surface area contributed by atoms with Crippen LogP contribution in [-0.4, -0.2) is 112 Å². The molecule has 0 amide bonds. The lowest BCUT2D eigenvalue weighted by molar-refractivity contribution is -0.207. The number of hydrogen-bond acceptors (Lipinski definition) is 14. The van der Waals surface area contributed by atoms with Crippen molar-refractivity contribution < 1.29 is 55.1 Å². The van der Waals surface area contributed by atoms with Crippen molar-refractivity contribution in [2.75, 3.05) is 62.0 Å². The van der Waals surface area contributed by atoms with Gasteiger partial charge in [-0.3, -0.25) is 9.36 Å². The molecule has 2 fully saturated rings. The third kappa shape index (κ3) is 12.2. The smallest absolute Gasteiger partial charge is 0.263 e. The summed E-state index contributed by atoms with van der Waals surface area (Å²) < 4.78 is 99.9. The molecule has 2 saturated heterocycles. The quantitative estimate of drug-likeness (QED) is 0.0857. The Hall–Kier alpha value is -5.84. The zero-order valence-corrected chi connectivity index (χ0v) is 45.1. The Morgan fingerprint density at radius 1 is 0.507 bits per heavy atom. The van der Waals surface area contributed by atoms with E-state index in [1.807, 2.05) is 114 Å². The fraction of sp³-hybridized carbons (Fsp3) is 0.434. The van der Waals surface area contributed by atoms with Gasteiger partial charge in [-0.25, -0.2) is 16.8 Å². The average Bonchev–Trinajstić information content (AvgIpc) is 4.03. The van der Waals surface area contributed by atoms with E-state index in [-0.39, 0.29) is 49.4 Å². The predicted octanol–water partition coefficient (Wildman–Crippen LogP) is 7.18. The van der Waals surface area contributed by atoms with Gasteiger partial charge >= 0.3 is 0 Å². The van der Waals surface area contributed by atoms with Crippen molar-refractivity contribution in [3.05, 3.63) is 143 Å². The van der Waals surface area contributed by atoms with E-state index < -0.39 is 42.3 Å². The van der Waals surface area contributed by atoms with Crippen LogP contribution in [0.4, 0.5) is 0 Å². The van der Waals surface area contributed by atoms with Gasteiger partial charge in [0.1, 0.15) is 23.0 Å². The highest BCUT2D eigenvalue weighted by Gasteiger charge is 2.47. The maximum atomic E-state index is 14.1. The van der Waals surface area contributed by atoms with Crippen molar-refractivity contribution >= 4 is 20.0 Å². The summed E-state index contributed by atoms with van der Waals surface area (Å²) in [7, 11) is -0.0842. The zero-order chi connectivity index (χ0) is 53.0. The highest BCUT2D eigenvalue weighted by atomic mass is 32.2. The Morgan fingerprint density at radius 2 is 0.795 bits per heavy atom. The molecule has 18 nitrogen and oxygen atoms in total. The molecule has 2 aromatic heterocycles. The highest BCUT2D eigenvalue weighted by molar-refractivity contribution is 7.89. The average molecular weight is 1050 g/mol. The summed E-state index contributed by atoms with van der Waals surface area (Å²) in [5.74, 6) is 2.78. The second kappa shape index (κ2) is 21.9. The van der Waals surface area contributed by atoms with E-state index in [0.29, 0.717) is 47.6 Å². The molecule has 73 heavy (non-hydrogen) atoms. The molecule has 4 aromatic carbocycles. The van der Waals surface area contributed by atoms with Crippen molar-refractivity contribution in [3.8, 4) is 23.0 Å². The van der Waals surface area contributed by atoms with E-state index in [1.54, 1.807) is 75.2 Å². The number of hydrogen-bond donors (Lipinski definition) is 1. The number of ether oxygens (including phenoxy) is 7. The lowest BCUT2D eigenvalue weighted by atomic mass is 9.95. The summed E-state index contributed by atoms with van der Waals surface area (Å²) >= 11 is 0. The van der Waals surface area contributed by atoms with Crippen LogP contribution in [0.2, 0.25) is 0 Å². The molecule has 0 atom stereocenters. The molecule has 20 heteroatoms. The molecule has 0 bridgehead atoms. The third-order valence-electron chi connectivity index (χ3n) is 12.6.